The van der Waals surface area contributed by atoms with E-state index in [-0.39, 0.29) is 12.1 Å². The zero-order valence-corrected chi connectivity index (χ0v) is 12.8. The van der Waals surface area contributed by atoms with Crippen LogP contribution >= 0.6 is 0 Å². The third kappa shape index (κ3) is 4.78. The summed E-state index contributed by atoms with van der Waals surface area (Å²) in [7, 11) is 1.57. The van der Waals surface area contributed by atoms with Gasteiger partial charge in [-0.15, -0.1) is 0 Å². The number of hydrogen-bond donors (Lipinski definition) is 1. The average Bonchev–Trinajstić information content (AvgIpc) is 2.58. The van der Waals surface area contributed by atoms with Crippen LogP contribution in [0.4, 0.5) is 13.2 Å². The fourth-order valence-electron chi connectivity index (χ4n) is 1.86. The van der Waals surface area contributed by atoms with Gasteiger partial charge in [0, 0.05) is 11.1 Å². The number of halogens is 3. The highest BCUT2D eigenvalue weighted by Gasteiger charge is 2.30. The molecule has 0 saturated carbocycles. The molecule has 6 heteroatoms. The maximum Gasteiger partial charge on any atom is 0.416 e. The van der Waals surface area contributed by atoms with Gasteiger partial charge in [0.1, 0.15) is 5.75 Å². The van der Waals surface area contributed by atoms with Crippen molar-refractivity contribution in [1.82, 2.24) is 5.32 Å². The van der Waals surface area contributed by atoms with Crippen molar-refractivity contribution in [2.75, 3.05) is 13.7 Å². The van der Waals surface area contributed by atoms with Gasteiger partial charge in [-0.05, 0) is 48.5 Å². The van der Waals surface area contributed by atoms with E-state index < -0.39 is 17.6 Å². The summed E-state index contributed by atoms with van der Waals surface area (Å²) in [5, 5.41) is 2.53. The highest BCUT2D eigenvalue weighted by molar-refractivity contribution is 5.94. The maximum atomic E-state index is 12.5. The van der Waals surface area contributed by atoms with Gasteiger partial charge in [0.2, 0.25) is 0 Å². The molecular formula is C18H14F3NO2. The number of ether oxygens (including phenoxy) is 1. The lowest BCUT2D eigenvalue weighted by molar-refractivity contribution is -0.137. The average molecular weight is 333 g/mol. The maximum absolute atomic E-state index is 12.5. The number of methoxy groups -OCH3 is 1. The lowest BCUT2D eigenvalue weighted by Gasteiger charge is -2.07. The zero-order valence-electron chi connectivity index (χ0n) is 12.8. The Morgan fingerprint density at radius 1 is 1.08 bits per heavy atom. The van der Waals surface area contributed by atoms with Gasteiger partial charge < -0.3 is 10.1 Å². The molecule has 2 aromatic carbocycles. The van der Waals surface area contributed by atoms with Crippen LogP contribution in [0, 0.1) is 11.8 Å². The standard InChI is InChI=1S/C18H14F3NO2/c1-24-16-10-4-13(5-11-16)3-2-12-22-17(23)14-6-8-15(9-7-14)18(19,20)21/h4-11H,12H2,1H3,(H,22,23). The Hall–Kier alpha value is -2.94. The molecule has 124 valence electrons. The summed E-state index contributed by atoms with van der Waals surface area (Å²) >= 11 is 0. The largest absolute Gasteiger partial charge is 0.497 e. The monoisotopic (exact) mass is 333 g/mol. The Labute approximate surface area is 137 Å². The molecular weight excluding hydrogens is 319 g/mol. The van der Waals surface area contributed by atoms with Gasteiger partial charge >= 0.3 is 6.18 Å². The van der Waals surface area contributed by atoms with Crippen molar-refractivity contribution in [2.45, 2.75) is 6.18 Å². The van der Waals surface area contributed by atoms with Gasteiger partial charge in [-0.3, -0.25) is 4.79 Å². The molecule has 0 saturated heterocycles. The Bertz CT molecular complexity index is 754. The van der Waals surface area contributed by atoms with E-state index in [1.807, 2.05) is 0 Å². The molecule has 2 aromatic rings. The molecule has 0 unspecified atom stereocenters. The Morgan fingerprint density at radius 2 is 1.71 bits per heavy atom. The van der Waals surface area contributed by atoms with Crippen LogP contribution in [0.25, 0.3) is 0 Å². The summed E-state index contributed by atoms with van der Waals surface area (Å²) in [6.45, 7) is 0.0892. The van der Waals surface area contributed by atoms with Gasteiger partial charge in [-0.25, -0.2) is 0 Å². The van der Waals surface area contributed by atoms with E-state index in [2.05, 4.69) is 17.2 Å². The van der Waals surface area contributed by atoms with Crippen LogP contribution < -0.4 is 10.1 Å². The summed E-state index contributed by atoms with van der Waals surface area (Å²) in [6, 6.07) is 11.1. The fraction of sp³-hybridized carbons (Fsp3) is 0.167. The van der Waals surface area contributed by atoms with Crippen LogP contribution in [0.5, 0.6) is 5.75 Å². The normalized spacial score (nSPS) is 10.5. The molecule has 1 N–H and O–H groups in total. The minimum absolute atomic E-state index is 0.0892. The summed E-state index contributed by atoms with van der Waals surface area (Å²) < 4.78 is 42.4. The topological polar surface area (TPSA) is 38.3 Å². The molecule has 0 spiro atoms. The van der Waals surface area contributed by atoms with Crippen molar-refractivity contribution in [3.63, 3.8) is 0 Å². The van der Waals surface area contributed by atoms with E-state index in [1.54, 1.807) is 31.4 Å². The fourth-order valence-corrected chi connectivity index (χ4v) is 1.86. The molecule has 0 fully saturated rings. The van der Waals surface area contributed by atoms with Crippen molar-refractivity contribution in [3.8, 4) is 17.6 Å². The van der Waals surface area contributed by atoms with Gasteiger partial charge in [0.05, 0.1) is 19.2 Å². The number of nitrogens with one attached hydrogen (secondary N) is 1. The number of benzene rings is 2. The lowest BCUT2D eigenvalue weighted by Crippen LogP contribution is -2.23. The van der Waals surface area contributed by atoms with E-state index in [4.69, 9.17) is 4.74 Å². The second-order valence-corrected chi connectivity index (χ2v) is 4.79. The Morgan fingerprint density at radius 3 is 2.25 bits per heavy atom. The van der Waals surface area contributed by atoms with Gasteiger partial charge in [0.25, 0.3) is 5.91 Å². The number of alkyl halides is 3. The molecule has 2 rings (SSSR count). The molecule has 0 aromatic heterocycles. The first-order valence-corrected chi connectivity index (χ1v) is 6.98. The molecule has 0 atom stereocenters. The summed E-state index contributed by atoms with van der Waals surface area (Å²) in [6.07, 6.45) is -4.42. The van der Waals surface area contributed by atoms with E-state index in [9.17, 15) is 18.0 Å². The van der Waals surface area contributed by atoms with Crippen LogP contribution in [0.1, 0.15) is 21.5 Å². The first kappa shape index (κ1) is 17.4. The highest BCUT2D eigenvalue weighted by atomic mass is 19.4. The quantitative estimate of drug-likeness (QED) is 0.873. The van der Waals surface area contributed by atoms with Crippen LogP contribution in [0.2, 0.25) is 0 Å². The number of carbonyl (C=O) groups excluding carboxylic acids is 1. The molecule has 24 heavy (non-hydrogen) atoms. The molecule has 0 aliphatic carbocycles. The highest BCUT2D eigenvalue weighted by Crippen LogP contribution is 2.29. The van der Waals surface area contributed by atoms with Gasteiger partial charge in [-0.2, -0.15) is 13.2 Å². The predicted molar refractivity (Wildman–Crippen MR) is 83.6 cm³/mol. The number of carbonyl (C=O) groups is 1. The smallest absolute Gasteiger partial charge is 0.416 e. The van der Waals surface area contributed by atoms with E-state index in [0.717, 1.165) is 35.6 Å². The summed E-state index contributed by atoms with van der Waals surface area (Å²) in [5.74, 6) is 5.88. The van der Waals surface area contributed by atoms with Crippen molar-refractivity contribution in [3.05, 3.63) is 65.2 Å². The molecule has 0 bridgehead atoms. The second-order valence-electron chi connectivity index (χ2n) is 4.79. The molecule has 3 nitrogen and oxygen atoms in total. The third-order valence-corrected chi connectivity index (χ3v) is 3.13. The third-order valence-electron chi connectivity index (χ3n) is 3.13. The van der Waals surface area contributed by atoms with Crippen molar-refractivity contribution in [2.24, 2.45) is 0 Å². The van der Waals surface area contributed by atoms with Crippen LogP contribution in [0.3, 0.4) is 0 Å². The number of hydrogen-bond acceptors (Lipinski definition) is 2. The Balaban J connectivity index is 1.90. The SMILES string of the molecule is COc1ccc(C#CCNC(=O)c2ccc(C(F)(F)F)cc2)cc1. The first-order chi connectivity index (χ1) is 11.4. The summed E-state index contributed by atoms with van der Waals surface area (Å²) in [4.78, 5) is 11.8. The van der Waals surface area contributed by atoms with Crippen LogP contribution in [0.15, 0.2) is 48.5 Å². The van der Waals surface area contributed by atoms with Crippen LogP contribution in [-0.4, -0.2) is 19.6 Å². The van der Waals surface area contributed by atoms with E-state index >= 15 is 0 Å². The number of rotatable bonds is 3. The predicted octanol–water partition coefficient (Wildman–Crippen LogP) is 3.50. The Kier molecular flexibility index (Phi) is 5.48. The first-order valence-electron chi connectivity index (χ1n) is 6.98. The zero-order chi connectivity index (χ0) is 17.6. The molecule has 0 radical (unpaired) electrons. The van der Waals surface area contributed by atoms with Crippen molar-refractivity contribution in [1.29, 1.82) is 0 Å². The molecule has 0 heterocycles. The van der Waals surface area contributed by atoms with Crippen LogP contribution in [-0.2, 0) is 6.18 Å². The summed E-state index contributed by atoms with van der Waals surface area (Å²) in [5.41, 5.74) is 0.118. The van der Waals surface area contributed by atoms with Crippen molar-refractivity contribution >= 4 is 5.91 Å². The molecule has 0 aliphatic heterocycles. The minimum Gasteiger partial charge on any atom is -0.497 e. The van der Waals surface area contributed by atoms with E-state index in [1.165, 1.54) is 0 Å². The van der Waals surface area contributed by atoms with Gasteiger partial charge in [0.15, 0.2) is 0 Å². The second kappa shape index (κ2) is 7.55. The molecule has 1 amide bonds. The molecule has 0 aliphatic rings. The van der Waals surface area contributed by atoms with E-state index in [0.29, 0.717) is 0 Å². The van der Waals surface area contributed by atoms with Crippen molar-refractivity contribution < 1.29 is 22.7 Å². The number of amides is 1. The lowest BCUT2D eigenvalue weighted by atomic mass is 10.1. The minimum atomic E-state index is -4.42. The van der Waals surface area contributed by atoms with Gasteiger partial charge in [-0.1, -0.05) is 11.8 Å².